The van der Waals surface area contributed by atoms with E-state index >= 15 is 0 Å². The number of amides is 1. The van der Waals surface area contributed by atoms with Crippen LogP contribution in [0.4, 0.5) is 5.88 Å². The standard InChI is InChI=1S/C13H11BrN2O2S/c14-9-3-1-2-8(4-9)11-6-13(18-15-11)16-7-10(19)5-12(16)17/h1-4,6,10,19H,5,7H2. The fourth-order valence-corrected chi connectivity index (χ4v) is 2.80. The zero-order chi connectivity index (χ0) is 13.4. The summed E-state index contributed by atoms with van der Waals surface area (Å²) in [6, 6.07) is 9.55. The second kappa shape index (κ2) is 5.02. The molecular formula is C13H11BrN2O2S. The van der Waals surface area contributed by atoms with Crippen LogP contribution in [-0.4, -0.2) is 22.9 Å². The van der Waals surface area contributed by atoms with Gasteiger partial charge in [0.1, 0.15) is 5.69 Å². The maximum absolute atomic E-state index is 11.8. The Kier molecular flexibility index (Phi) is 3.36. The van der Waals surface area contributed by atoms with Gasteiger partial charge in [0.25, 0.3) is 0 Å². The number of benzene rings is 1. The van der Waals surface area contributed by atoms with Gasteiger partial charge in [0.15, 0.2) is 0 Å². The molecule has 1 atom stereocenters. The van der Waals surface area contributed by atoms with Gasteiger partial charge in [-0.1, -0.05) is 33.2 Å². The Morgan fingerprint density at radius 1 is 1.42 bits per heavy atom. The molecule has 1 aliphatic heterocycles. The molecule has 1 aromatic carbocycles. The van der Waals surface area contributed by atoms with Crippen molar-refractivity contribution in [1.29, 1.82) is 0 Å². The molecule has 4 nitrogen and oxygen atoms in total. The van der Waals surface area contributed by atoms with Crippen LogP contribution in [0.5, 0.6) is 0 Å². The molecule has 0 N–H and O–H groups in total. The van der Waals surface area contributed by atoms with Crippen molar-refractivity contribution in [2.45, 2.75) is 11.7 Å². The van der Waals surface area contributed by atoms with Crippen LogP contribution in [0.25, 0.3) is 11.3 Å². The summed E-state index contributed by atoms with van der Waals surface area (Å²) >= 11 is 7.74. The van der Waals surface area contributed by atoms with Crippen LogP contribution in [0.3, 0.4) is 0 Å². The molecule has 0 saturated carbocycles. The summed E-state index contributed by atoms with van der Waals surface area (Å²) in [6.45, 7) is 0.565. The maximum Gasteiger partial charge on any atom is 0.234 e. The highest BCUT2D eigenvalue weighted by Gasteiger charge is 2.30. The molecule has 19 heavy (non-hydrogen) atoms. The zero-order valence-electron chi connectivity index (χ0n) is 9.91. The van der Waals surface area contributed by atoms with E-state index in [9.17, 15) is 4.79 Å². The average Bonchev–Trinajstić information content (AvgIpc) is 2.96. The summed E-state index contributed by atoms with van der Waals surface area (Å²) in [7, 11) is 0. The zero-order valence-corrected chi connectivity index (χ0v) is 12.4. The van der Waals surface area contributed by atoms with Crippen LogP contribution < -0.4 is 4.90 Å². The number of halogens is 1. The topological polar surface area (TPSA) is 46.3 Å². The fourth-order valence-electron chi connectivity index (χ4n) is 2.08. The molecule has 1 aromatic heterocycles. The largest absolute Gasteiger partial charge is 0.338 e. The van der Waals surface area contributed by atoms with E-state index in [1.54, 1.807) is 11.0 Å². The smallest absolute Gasteiger partial charge is 0.234 e. The molecule has 0 bridgehead atoms. The van der Waals surface area contributed by atoms with Gasteiger partial charge in [0.05, 0.1) is 0 Å². The number of rotatable bonds is 2. The summed E-state index contributed by atoms with van der Waals surface area (Å²) < 4.78 is 6.24. The number of carbonyl (C=O) groups excluding carboxylic acids is 1. The lowest BCUT2D eigenvalue weighted by Gasteiger charge is -2.09. The SMILES string of the molecule is O=C1CC(S)CN1c1cc(-c2cccc(Br)c2)no1. The van der Waals surface area contributed by atoms with Crippen molar-refractivity contribution in [2.75, 3.05) is 11.4 Å². The third-order valence-corrected chi connectivity index (χ3v) is 3.83. The lowest BCUT2D eigenvalue weighted by molar-refractivity contribution is -0.117. The number of nitrogens with zero attached hydrogens (tertiary/aromatic N) is 2. The minimum Gasteiger partial charge on any atom is -0.338 e. The molecule has 1 unspecified atom stereocenters. The third kappa shape index (κ3) is 2.55. The maximum atomic E-state index is 11.8. The number of thiol groups is 1. The van der Waals surface area contributed by atoms with E-state index in [-0.39, 0.29) is 11.2 Å². The molecule has 0 radical (unpaired) electrons. The first-order valence-electron chi connectivity index (χ1n) is 5.84. The molecule has 1 aliphatic rings. The van der Waals surface area contributed by atoms with Crippen molar-refractivity contribution in [3.8, 4) is 11.3 Å². The van der Waals surface area contributed by atoms with Crippen LogP contribution in [0.2, 0.25) is 0 Å². The number of hydrogen-bond acceptors (Lipinski definition) is 4. The Hall–Kier alpha value is -1.27. The molecule has 0 spiro atoms. The van der Waals surface area contributed by atoms with Gasteiger partial charge < -0.3 is 4.52 Å². The van der Waals surface area contributed by atoms with Gasteiger partial charge in [-0.05, 0) is 12.1 Å². The van der Waals surface area contributed by atoms with Crippen LogP contribution in [0, 0.1) is 0 Å². The van der Waals surface area contributed by atoms with Gasteiger partial charge in [-0.25, -0.2) is 0 Å². The van der Waals surface area contributed by atoms with Crippen molar-refractivity contribution >= 4 is 40.4 Å². The first kappa shape index (κ1) is 12.7. The molecule has 6 heteroatoms. The number of carbonyl (C=O) groups is 1. The molecule has 2 aromatic rings. The van der Waals surface area contributed by atoms with Crippen molar-refractivity contribution < 1.29 is 9.32 Å². The Balaban J connectivity index is 1.90. The number of anilines is 1. The summed E-state index contributed by atoms with van der Waals surface area (Å²) in [5, 5.41) is 4.08. The summed E-state index contributed by atoms with van der Waals surface area (Å²) in [4.78, 5) is 13.4. The van der Waals surface area contributed by atoms with Crippen LogP contribution in [0.15, 0.2) is 39.3 Å². The highest BCUT2D eigenvalue weighted by molar-refractivity contribution is 9.10. The molecule has 3 rings (SSSR count). The highest BCUT2D eigenvalue weighted by atomic mass is 79.9. The van der Waals surface area contributed by atoms with E-state index in [2.05, 4.69) is 33.7 Å². The molecular weight excluding hydrogens is 328 g/mol. The lowest BCUT2D eigenvalue weighted by atomic mass is 10.1. The van der Waals surface area contributed by atoms with E-state index in [4.69, 9.17) is 4.52 Å². The quantitative estimate of drug-likeness (QED) is 0.855. The Labute approximate surface area is 124 Å². The van der Waals surface area contributed by atoms with Crippen molar-refractivity contribution in [2.24, 2.45) is 0 Å². The first-order chi connectivity index (χ1) is 9.13. The highest BCUT2D eigenvalue weighted by Crippen LogP contribution is 2.29. The van der Waals surface area contributed by atoms with Crippen LogP contribution >= 0.6 is 28.6 Å². The molecule has 98 valence electrons. The van der Waals surface area contributed by atoms with Gasteiger partial charge in [-0.15, -0.1) is 0 Å². The van der Waals surface area contributed by atoms with E-state index in [1.807, 2.05) is 24.3 Å². The second-order valence-corrected chi connectivity index (χ2v) is 6.07. The van der Waals surface area contributed by atoms with E-state index < -0.39 is 0 Å². The lowest BCUT2D eigenvalue weighted by Crippen LogP contribution is -2.23. The normalized spacial score (nSPS) is 19.2. The molecule has 2 heterocycles. The van der Waals surface area contributed by atoms with E-state index in [1.165, 1.54) is 0 Å². The third-order valence-electron chi connectivity index (χ3n) is 2.99. The molecule has 1 amide bonds. The Morgan fingerprint density at radius 3 is 2.95 bits per heavy atom. The van der Waals surface area contributed by atoms with E-state index in [0.29, 0.717) is 24.5 Å². The van der Waals surface area contributed by atoms with Gasteiger partial charge in [-0.2, -0.15) is 12.6 Å². The van der Waals surface area contributed by atoms with Gasteiger partial charge in [0.2, 0.25) is 11.8 Å². The average molecular weight is 339 g/mol. The van der Waals surface area contributed by atoms with Crippen molar-refractivity contribution in [3.63, 3.8) is 0 Å². The van der Waals surface area contributed by atoms with Gasteiger partial charge >= 0.3 is 0 Å². The molecule has 1 fully saturated rings. The minimum absolute atomic E-state index is 0.0249. The predicted molar refractivity (Wildman–Crippen MR) is 79.4 cm³/mol. The van der Waals surface area contributed by atoms with Crippen molar-refractivity contribution in [3.05, 3.63) is 34.8 Å². The summed E-state index contributed by atoms with van der Waals surface area (Å²) in [5.74, 6) is 0.508. The van der Waals surface area contributed by atoms with E-state index in [0.717, 1.165) is 10.0 Å². The monoisotopic (exact) mass is 338 g/mol. The van der Waals surface area contributed by atoms with Gasteiger partial charge in [-0.3, -0.25) is 9.69 Å². The van der Waals surface area contributed by atoms with Crippen LogP contribution in [0.1, 0.15) is 6.42 Å². The molecule has 1 saturated heterocycles. The minimum atomic E-state index is 0.0249. The predicted octanol–water partition coefficient (Wildman–Crippen LogP) is 3.14. The summed E-state index contributed by atoms with van der Waals surface area (Å²) in [5.41, 5.74) is 1.66. The second-order valence-electron chi connectivity index (χ2n) is 4.42. The Bertz CT molecular complexity index is 629. The van der Waals surface area contributed by atoms with Crippen molar-refractivity contribution in [1.82, 2.24) is 5.16 Å². The first-order valence-corrected chi connectivity index (χ1v) is 7.15. The van der Waals surface area contributed by atoms with Gasteiger partial charge in [0, 0.05) is 34.3 Å². The number of aromatic nitrogens is 1. The fraction of sp³-hybridized carbons (Fsp3) is 0.231. The molecule has 0 aliphatic carbocycles. The Morgan fingerprint density at radius 2 is 2.26 bits per heavy atom. The summed E-state index contributed by atoms with van der Waals surface area (Å²) in [6.07, 6.45) is 0.441. The number of hydrogen-bond donors (Lipinski definition) is 1. The van der Waals surface area contributed by atoms with Crippen LogP contribution in [-0.2, 0) is 4.79 Å².